The van der Waals surface area contributed by atoms with E-state index in [0.717, 1.165) is 77.0 Å². The Labute approximate surface area is 431 Å². The lowest BCUT2D eigenvalue weighted by Crippen LogP contribution is -2.61. The van der Waals surface area contributed by atoms with Crippen molar-refractivity contribution in [2.75, 3.05) is 13.2 Å². The molecule has 0 radical (unpaired) electrons. The second-order valence-corrected chi connectivity index (χ2v) is 19.1. The quantitative estimate of drug-likeness (QED) is 0.0149. The van der Waals surface area contributed by atoms with Crippen molar-refractivity contribution in [1.82, 2.24) is 5.32 Å². The molecule has 1 aliphatic rings. The number of hydrogen-bond acceptors (Lipinski definition) is 10. The third-order valence-corrected chi connectivity index (χ3v) is 12.6. The van der Waals surface area contributed by atoms with Crippen molar-refractivity contribution in [3.05, 3.63) is 97.2 Å². The number of aliphatic hydroxyl groups is 5. The number of aliphatic hydroxyl groups excluding tert-OH is 5. The number of nitrogens with one attached hydrogen (secondary N) is 1. The summed E-state index contributed by atoms with van der Waals surface area (Å²) in [5.41, 5.74) is 0. The van der Waals surface area contributed by atoms with Gasteiger partial charge in [-0.25, -0.2) is 0 Å². The van der Waals surface area contributed by atoms with E-state index >= 15 is 0 Å². The van der Waals surface area contributed by atoms with E-state index in [0.29, 0.717) is 12.8 Å². The van der Waals surface area contributed by atoms with Crippen LogP contribution in [0.2, 0.25) is 0 Å². The zero-order valence-electron chi connectivity index (χ0n) is 44.6. The molecular formula is C60H101NO10. The first kappa shape index (κ1) is 65.6. The highest BCUT2D eigenvalue weighted by atomic mass is 16.7. The Morgan fingerprint density at radius 2 is 1.03 bits per heavy atom. The molecule has 6 N–H and O–H groups in total. The van der Waals surface area contributed by atoms with Gasteiger partial charge in [0.15, 0.2) is 12.4 Å². The smallest absolute Gasteiger partial charge is 0.306 e. The Morgan fingerprint density at radius 1 is 0.563 bits per heavy atom. The van der Waals surface area contributed by atoms with Gasteiger partial charge >= 0.3 is 5.97 Å². The molecule has 1 aliphatic heterocycles. The van der Waals surface area contributed by atoms with E-state index < -0.39 is 67.4 Å². The molecule has 0 saturated carbocycles. The number of esters is 1. The average Bonchev–Trinajstić information content (AvgIpc) is 3.37. The van der Waals surface area contributed by atoms with E-state index in [1.807, 2.05) is 72.9 Å². The first-order chi connectivity index (χ1) is 34.7. The summed E-state index contributed by atoms with van der Waals surface area (Å²) in [5, 5.41) is 56.7. The largest absolute Gasteiger partial charge is 0.454 e. The van der Waals surface area contributed by atoms with E-state index in [-0.39, 0.29) is 19.4 Å². The lowest BCUT2D eigenvalue weighted by Gasteiger charge is -2.41. The molecule has 8 atom stereocenters. The Bertz CT molecular complexity index is 1520. The van der Waals surface area contributed by atoms with Crippen molar-refractivity contribution in [2.45, 2.75) is 256 Å². The van der Waals surface area contributed by atoms with E-state index in [9.17, 15) is 35.1 Å². The van der Waals surface area contributed by atoms with Crippen molar-refractivity contribution < 1.29 is 49.3 Å². The van der Waals surface area contributed by atoms with Gasteiger partial charge in [-0.2, -0.15) is 0 Å². The highest BCUT2D eigenvalue weighted by molar-refractivity contribution is 5.80. The molecule has 11 nitrogen and oxygen atoms in total. The van der Waals surface area contributed by atoms with Crippen LogP contribution in [0.5, 0.6) is 0 Å². The number of amides is 1. The normalized spacial score (nSPS) is 20.4. The van der Waals surface area contributed by atoms with Crippen LogP contribution in [-0.4, -0.2) is 99.6 Å². The van der Waals surface area contributed by atoms with Gasteiger partial charge in [-0.1, -0.05) is 227 Å². The molecule has 8 unspecified atom stereocenters. The summed E-state index contributed by atoms with van der Waals surface area (Å²) < 4.78 is 17.5. The fraction of sp³-hybridized carbons (Fsp3) is 0.700. The molecule has 1 saturated heterocycles. The second kappa shape index (κ2) is 47.6. The zero-order valence-corrected chi connectivity index (χ0v) is 44.6. The average molecular weight is 996 g/mol. The summed E-state index contributed by atoms with van der Waals surface area (Å²) in [6.07, 6.45) is 51.6. The summed E-state index contributed by atoms with van der Waals surface area (Å²) in [6.45, 7) is 5.56. The van der Waals surface area contributed by atoms with Crippen LogP contribution in [0.1, 0.15) is 207 Å². The van der Waals surface area contributed by atoms with Gasteiger partial charge < -0.3 is 45.1 Å². The molecular weight excluding hydrogens is 895 g/mol. The number of rotatable bonds is 45. The third kappa shape index (κ3) is 36.2. The summed E-state index contributed by atoms with van der Waals surface area (Å²) >= 11 is 0. The molecule has 0 aromatic rings. The summed E-state index contributed by atoms with van der Waals surface area (Å²) in [5.74, 6) is -1.25. The molecule has 1 rings (SSSR count). The van der Waals surface area contributed by atoms with E-state index in [2.05, 4.69) is 44.3 Å². The van der Waals surface area contributed by atoms with Crippen LogP contribution in [0.25, 0.3) is 0 Å². The van der Waals surface area contributed by atoms with Crippen molar-refractivity contribution in [1.29, 1.82) is 0 Å². The van der Waals surface area contributed by atoms with Crippen molar-refractivity contribution >= 4 is 11.9 Å². The Kier molecular flexibility index (Phi) is 44.0. The van der Waals surface area contributed by atoms with Gasteiger partial charge in [0.1, 0.15) is 24.4 Å². The van der Waals surface area contributed by atoms with Gasteiger partial charge in [-0.15, -0.1) is 0 Å². The maximum Gasteiger partial charge on any atom is 0.306 e. The molecule has 406 valence electrons. The molecule has 71 heavy (non-hydrogen) atoms. The number of unbranched alkanes of at least 4 members (excludes halogenated alkanes) is 22. The van der Waals surface area contributed by atoms with Crippen LogP contribution in [-0.2, 0) is 23.8 Å². The number of ether oxygens (including phenoxy) is 3. The molecule has 0 aromatic heterocycles. The molecule has 0 aliphatic carbocycles. The number of hydrogen-bond donors (Lipinski definition) is 6. The van der Waals surface area contributed by atoms with Gasteiger partial charge in [-0.05, 0) is 70.6 Å². The Balaban J connectivity index is 2.79. The highest BCUT2D eigenvalue weighted by Gasteiger charge is 2.47. The van der Waals surface area contributed by atoms with Gasteiger partial charge in [0.05, 0.1) is 25.4 Å². The van der Waals surface area contributed by atoms with Crippen LogP contribution in [0.3, 0.4) is 0 Å². The predicted octanol–water partition coefficient (Wildman–Crippen LogP) is 12.4. The van der Waals surface area contributed by atoms with Gasteiger partial charge in [-0.3, -0.25) is 9.59 Å². The minimum absolute atomic E-state index is 0.108. The predicted molar refractivity (Wildman–Crippen MR) is 292 cm³/mol. The molecule has 0 aromatic carbocycles. The van der Waals surface area contributed by atoms with Crippen LogP contribution < -0.4 is 5.32 Å². The number of carbonyl (C=O) groups is 2. The van der Waals surface area contributed by atoms with Crippen LogP contribution in [0, 0.1) is 0 Å². The topological polar surface area (TPSA) is 175 Å². The summed E-state index contributed by atoms with van der Waals surface area (Å²) in [7, 11) is 0. The number of allylic oxidation sites excluding steroid dienone is 15. The molecule has 1 fully saturated rings. The number of carbonyl (C=O) groups excluding carboxylic acids is 2. The zero-order chi connectivity index (χ0) is 51.8. The molecule has 1 heterocycles. The minimum atomic E-state index is -1.63. The van der Waals surface area contributed by atoms with E-state index in [1.165, 1.54) is 83.5 Å². The maximum absolute atomic E-state index is 13.3. The third-order valence-electron chi connectivity index (χ3n) is 12.6. The van der Waals surface area contributed by atoms with Crippen molar-refractivity contribution in [2.24, 2.45) is 0 Å². The van der Waals surface area contributed by atoms with Crippen LogP contribution >= 0.6 is 0 Å². The Hall–Kier alpha value is -3.42. The van der Waals surface area contributed by atoms with Crippen molar-refractivity contribution in [3.63, 3.8) is 0 Å². The fourth-order valence-corrected chi connectivity index (χ4v) is 8.15. The second-order valence-electron chi connectivity index (χ2n) is 19.1. The van der Waals surface area contributed by atoms with Gasteiger partial charge in [0, 0.05) is 6.42 Å². The molecule has 1 amide bonds. The standard InChI is InChI=1S/C60H101NO10/c1-4-7-10-13-16-19-22-24-26-28-29-32-35-38-41-44-47-53(64)59(68)61-51(52(63)46-43-40-37-34-31-21-18-15-12-9-6-3)50-69-60-58(57(67)56(66)54(49-62)70-60)71-55(65)48-45-42-39-36-33-30-27-25-23-20-17-14-11-8-5-2/h7,10,13,16,19-20,22-24,26,28-29,32,35,43,46,51-54,56-58,60,62-64,66-67H,4-6,8-9,11-12,14-15,17-18,21,25,27,30-31,33-34,36-42,44-45,47-50H2,1-3H3,(H,61,68)/b10-7-,16-13+,22-19+,23-20-,26-24-,29-28+,35-32+,46-43+. The van der Waals surface area contributed by atoms with E-state index in [1.54, 1.807) is 6.08 Å². The SMILES string of the molecule is CC\C=C/C=C/C=C/C=C\C=C\C=C\CCCCC(O)C(=O)NC(COC1OC(CO)C(O)C(O)C1OC(=O)CCCCCCCCC/C=C\CCCCCC)C(O)/C=C/CCCCCCCCCCC. The van der Waals surface area contributed by atoms with E-state index in [4.69, 9.17) is 14.2 Å². The maximum atomic E-state index is 13.3. The highest BCUT2D eigenvalue weighted by Crippen LogP contribution is 2.26. The van der Waals surface area contributed by atoms with Gasteiger partial charge in [0.25, 0.3) is 0 Å². The first-order valence-corrected chi connectivity index (χ1v) is 28.1. The molecule has 11 heteroatoms. The lowest BCUT2D eigenvalue weighted by molar-refractivity contribution is -0.305. The van der Waals surface area contributed by atoms with Gasteiger partial charge in [0.2, 0.25) is 5.91 Å². The summed E-state index contributed by atoms with van der Waals surface area (Å²) in [6, 6.07) is -1.05. The van der Waals surface area contributed by atoms with Crippen LogP contribution in [0.15, 0.2) is 97.2 Å². The lowest BCUT2D eigenvalue weighted by atomic mass is 9.99. The monoisotopic (exact) mass is 996 g/mol. The fourth-order valence-electron chi connectivity index (χ4n) is 8.15. The Morgan fingerprint density at radius 3 is 1.58 bits per heavy atom. The van der Waals surface area contributed by atoms with Crippen molar-refractivity contribution in [3.8, 4) is 0 Å². The minimum Gasteiger partial charge on any atom is -0.454 e. The summed E-state index contributed by atoms with van der Waals surface area (Å²) in [4.78, 5) is 26.4. The molecule has 0 bridgehead atoms. The van der Waals surface area contributed by atoms with Crippen LogP contribution in [0.4, 0.5) is 0 Å². The molecule has 0 spiro atoms. The first-order valence-electron chi connectivity index (χ1n) is 28.1.